The Morgan fingerprint density at radius 3 is 2.71 bits per heavy atom. The quantitative estimate of drug-likeness (QED) is 0.852. The zero-order chi connectivity index (χ0) is 15.3. The van der Waals surface area contributed by atoms with Crippen LogP contribution >= 0.6 is 0 Å². The molecule has 0 fully saturated rings. The fraction of sp³-hybridized carbons (Fsp3) is 0.467. The largest absolute Gasteiger partial charge is 0.497 e. The second kappa shape index (κ2) is 6.58. The Hall–Kier alpha value is -2.08. The lowest BCUT2D eigenvalue weighted by Crippen LogP contribution is -2.35. The van der Waals surface area contributed by atoms with Crippen molar-refractivity contribution < 1.29 is 9.15 Å². The van der Waals surface area contributed by atoms with Crippen LogP contribution in [0.2, 0.25) is 0 Å². The van der Waals surface area contributed by atoms with Crippen LogP contribution in [0.15, 0.2) is 28.7 Å². The topological polar surface area (TPSA) is 72.2 Å². The van der Waals surface area contributed by atoms with Crippen LogP contribution in [0.3, 0.4) is 0 Å². The smallest absolute Gasteiger partial charge is 0.315 e. The minimum atomic E-state index is 0.0165. The summed E-state index contributed by atoms with van der Waals surface area (Å²) in [6.07, 6.45) is 0. The Morgan fingerprint density at radius 2 is 2.00 bits per heavy atom. The molecule has 114 valence electrons. The highest BCUT2D eigenvalue weighted by atomic mass is 16.5. The van der Waals surface area contributed by atoms with Gasteiger partial charge in [0.1, 0.15) is 5.75 Å². The Labute approximate surface area is 124 Å². The second-order valence-electron chi connectivity index (χ2n) is 5.81. The molecule has 0 saturated heterocycles. The standard InChI is InChI=1S/C15H22N4O2/c1-15(2,3)17-10-13-18-19-14(21-13)16-9-11-6-5-7-12(8-11)20-4/h5-8,17H,9-10H2,1-4H3,(H,16,19). The van der Waals surface area contributed by atoms with Gasteiger partial charge in [-0.15, -0.1) is 5.10 Å². The van der Waals surface area contributed by atoms with Crippen LogP contribution in [0.4, 0.5) is 6.01 Å². The predicted octanol–water partition coefficient (Wildman–Crippen LogP) is 2.58. The van der Waals surface area contributed by atoms with Gasteiger partial charge in [-0.3, -0.25) is 0 Å². The first-order chi connectivity index (χ1) is 9.96. The number of rotatable bonds is 6. The molecule has 21 heavy (non-hydrogen) atoms. The van der Waals surface area contributed by atoms with Crippen molar-refractivity contribution in [2.75, 3.05) is 12.4 Å². The maximum Gasteiger partial charge on any atom is 0.315 e. The molecule has 0 bridgehead atoms. The summed E-state index contributed by atoms with van der Waals surface area (Å²) in [4.78, 5) is 0. The summed E-state index contributed by atoms with van der Waals surface area (Å²) in [5, 5.41) is 14.4. The molecule has 0 aliphatic rings. The highest BCUT2D eigenvalue weighted by molar-refractivity contribution is 5.31. The molecular weight excluding hydrogens is 268 g/mol. The molecule has 2 N–H and O–H groups in total. The van der Waals surface area contributed by atoms with Gasteiger partial charge in [-0.25, -0.2) is 0 Å². The van der Waals surface area contributed by atoms with E-state index in [0.717, 1.165) is 11.3 Å². The van der Waals surface area contributed by atoms with E-state index in [1.165, 1.54) is 0 Å². The highest BCUT2D eigenvalue weighted by Crippen LogP contribution is 2.14. The average molecular weight is 290 g/mol. The van der Waals surface area contributed by atoms with Crippen LogP contribution < -0.4 is 15.4 Å². The Balaban J connectivity index is 1.87. The predicted molar refractivity (Wildman–Crippen MR) is 81.2 cm³/mol. The number of nitrogens with one attached hydrogen (secondary N) is 2. The summed E-state index contributed by atoms with van der Waals surface area (Å²) in [7, 11) is 1.65. The maximum atomic E-state index is 5.53. The molecule has 0 aliphatic heterocycles. The van der Waals surface area contributed by atoms with Gasteiger partial charge in [-0.05, 0) is 38.5 Å². The monoisotopic (exact) mass is 290 g/mol. The summed E-state index contributed by atoms with van der Waals surface area (Å²) in [6.45, 7) is 7.42. The third kappa shape index (κ3) is 5.07. The van der Waals surface area contributed by atoms with E-state index >= 15 is 0 Å². The molecule has 0 amide bonds. The highest BCUT2D eigenvalue weighted by Gasteiger charge is 2.12. The average Bonchev–Trinajstić information content (AvgIpc) is 2.90. The Bertz CT molecular complexity index is 575. The van der Waals surface area contributed by atoms with E-state index in [0.29, 0.717) is 25.0 Å². The maximum absolute atomic E-state index is 5.53. The Morgan fingerprint density at radius 1 is 1.19 bits per heavy atom. The lowest BCUT2D eigenvalue weighted by atomic mass is 10.1. The van der Waals surface area contributed by atoms with Gasteiger partial charge in [0.25, 0.3) is 0 Å². The molecule has 0 spiro atoms. The number of hydrogen-bond acceptors (Lipinski definition) is 6. The molecule has 6 nitrogen and oxygen atoms in total. The molecule has 0 saturated carbocycles. The van der Waals surface area contributed by atoms with Crippen molar-refractivity contribution in [3.8, 4) is 5.75 Å². The third-order valence-electron chi connectivity index (χ3n) is 2.81. The lowest BCUT2D eigenvalue weighted by molar-refractivity contribution is 0.383. The minimum absolute atomic E-state index is 0.0165. The van der Waals surface area contributed by atoms with Crippen LogP contribution in [-0.2, 0) is 13.1 Å². The second-order valence-corrected chi connectivity index (χ2v) is 5.81. The fourth-order valence-electron chi connectivity index (χ4n) is 1.70. The SMILES string of the molecule is COc1cccc(CNc2nnc(CNC(C)(C)C)o2)c1. The van der Waals surface area contributed by atoms with Gasteiger partial charge in [-0.1, -0.05) is 17.2 Å². The number of benzene rings is 1. The van der Waals surface area contributed by atoms with Crippen LogP contribution in [0.25, 0.3) is 0 Å². The van der Waals surface area contributed by atoms with Gasteiger partial charge in [-0.2, -0.15) is 0 Å². The lowest BCUT2D eigenvalue weighted by Gasteiger charge is -2.18. The van der Waals surface area contributed by atoms with E-state index in [4.69, 9.17) is 9.15 Å². The van der Waals surface area contributed by atoms with Gasteiger partial charge >= 0.3 is 6.01 Å². The first kappa shape index (κ1) is 15.3. The summed E-state index contributed by atoms with van der Waals surface area (Å²) >= 11 is 0. The van der Waals surface area contributed by atoms with Crippen molar-refractivity contribution in [3.05, 3.63) is 35.7 Å². The van der Waals surface area contributed by atoms with Gasteiger partial charge in [0, 0.05) is 12.1 Å². The van der Waals surface area contributed by atoms with Crippen LogP contribution in [-0.4, -0.2) is 22.8 Å². The number of hydrogen-bond donors (Lipinski definition) is 2. The van der Waals surface area contributed by atoms with Gasteiger partial charge in [0.15, 0.2) is 0 Å². The van der Waals surface area contributed by atoms with Gasteiger partial charge in [0.05, 0.1) is 13.7 Å². The summed E-state index contributed by atoms with van der Waals surface area (Å²) in [5.41, 5.74) is 1.10. The molecule has 0 unspecified atom stereocenters. The van der Waals surface area contributed by atoms with Gasteiger partial charge in [0.2, 0.25) is 5.89 Å². The summed E-state index contributed by atoms with van der Waals surface area (Å²) in [5.74, 6) is 1.40. The summed E-state index contributed by atoms with van der Waals surface area (Å²) in [6, 6.07) is 8.25. The third-order valence-corrected chi connectivity index (χ3v) is 2.81. The van der Waals surface area contributed by atoms with Crippen molar-refractivity contribution in [3.63, 3.8) is 0 Å². The molecule has 0 aliphatic carbocycles. The van der Waals surface area contributed by atoms with Crippen LogP contribution in [0.5, 0.6) is 5.75 Å². The van der Waals surface area contributed by atoms with Crippen LogP contribution in [0.1, 0.15) is 32.2 Å². The molecule has 2 rings (SSSR count). The molecule has 2 aromatic rings. The molecule has 1 aromatic heterocycles. The van der Waals surface area contributed by atoms with Crippen molar-refractivity contribution in [1.82, 2.24) is 15.5 Å². The fourth-order valence-corrected chi connectivity index (χ4v) is 1.70. The van der Waals surface area contributed by atoms with Crippen molar-refractivity contribution >= 4 is 6.01 Å². The minimum Gasteiger partial charge on any atom is -0.497 e. The van der Waals surface area contributed by atoms with E-state index in [1.807, 2.05) is 24.3 Å². The van der Waals surface area contributed by atoms with E-state index in [1.54, 1.807) is 7.11 Å². The molecule has 0 atom stereocenters. The zero-order valence-electron chi connectivity index (χ0n) is 12.9. The van der Waals surface area contributed by atoms with E-state index in [-0.39, 0.29) is 5.54 Å². The summed E-state index contributed by atoms with van der Waals surface area (Å²) < 4.78 is 10.7. The van der Waals surface area contributed by atoms with Crippen molar-refractivity contribution in [2.24, 2.45) is 0 Å². The number of aromatic nitrogens is 2. The van der Waals surface area contributed by atoms with E-state index in [2.05, 4.69) is 41.6 Å². The van der Waals surface area contributed by atoms with Crippen LogP contribution in [0, 0.1) is 0 Å². The van der Waals surface area contributed by atoms with E-state index in [9.17, 15) is 0 Å². The van der Waals surface area contributed by atoms with Gasteiger partial charge < -0.3 is 19.8 Å². The number of methoxy groups -OCH3 is 1. The normalized spacial score (nSPS) is 11.4. The first-order valence-electron chi connectivity index (χ1n) is 6.90. The van der Waals surface area contributed by atoms with E-state index < -0.39 is 0 Å². The molecule has 0 radical (unpaired) electrons. The van der Waals surface area contributed by atoms with Crippen molar-refractivity contribution in [1.29, 1.82) is 0 Å². The molecular formula is C15H22N4O2. The first-order valence-corrected chi connectivity index (χ1v) is 6.90. The zero-order valence-corrected chi connectivity index (χ0v) is 12.9. The van der Waals surface area contributed by atoms with Crippen molar-refractivity contribution in [2.45, 2.75) is 39.4 Å². The number of ether oxygens (including phenoxy) is 1. The number of anilines is 1. The Kier molecular flexibility index (Phi) is 4.80. The number of nitrogens with zero attached hydrogens (tertiary/aromatic N) is 2. The molecule has 1 aromatic carbocycles. The molecule has 1 heterocycles. The molecule has 6 heteroatoms.